The quantitative estimate of drug-likeness (QED) is 0.837. The third-order valence-electron chi connectivity index (χ3n) is 3.87. The Morgan fingerprint density at radius 1 is 1.24 bits per heavy atom. The van der Waals surface area contributed by atoms with E-state index in [9.17, 15) is 0 Å². The molecule has 0 saturated heterocycles. The lowest BCUT2D eigenvalue weighted by atomic mass is 10.1. The van der Waals surface area contributed by atoms with Gasteiger partial charge in [0.2, 0.25) is 11.7 Å². The highest BCUT2D eigenvalue weighted by Gasteiger charge is 2.23. The summed E-state index contributed by atoms with van der Waals surface area (Å²) in [7, 11) is 1.63. The van der Waals surface area contributed by atoms with Crippen molar-refractivity contribution in [2.75, 3.05) is 13.7 Å². The van der Waals surface area contributed by atoms with Crippen LogP contribution in [-0.2, 0) is 0 Å². The van der Waals surface area contributed by atoms with Crippen molar-refractivity contribution in [2.24, 2.45) is 0 Å². The van der Waals surface area contributed by atoms with Gasteiger partial charge >= 0.3 is 0 Å². The monoisotopic (exact) mass is 288 g/mol. The van der Waals surface area contributed by atoms with E-state index in [-0.39, 0.29) is 0 Å². The lowest BCUT2D eigenvalue weighted by Crippen LogP contribution is -1.96. The van der Waals surface area contributed by atoms with Crippen LogP contribution in [0.5, 0.6) is 11.5 Å². The number of methoxy groups -OCH3 is 1. The molecule has 1 aromatic carbocycles. The van der Waals surface area contributed by atoms with Gasteiger partial charge in [-0.15, -0.1) is 0 Å². The van der Waals surface area contributed by atoms with Gasteiger partial charge in [-0.25, -0.2) is 0 Å². The van der Waals surface area contributed by atoms with Gasteiger partial charge < -0.3 is 14.0 Å². The zero-order valence-corrected chi connectivity index (χ0v) is 12.5. The van der Waals surface area contributed by atoms with E-state index in [2.05, 4.69) is 10.1 Å². The van der Waals surface area contributed by atoms with E-state index in [1.54, 1.807) is 7.11 Å². The van der Waals surface area contributed by atoms with E-state index in [0.717, 1.165) is 30.0 Å². The molecular formula is C16H20N2O3. The molecule has 0 bridgehead atoms. The minimum atomic E-state index is 0.427. The summed E-state index contributed by atoms with van der Waals surface area (Å²) in [6.45, 7) is 2.55. The van der Waals surface area contributed by atoms with Crippen LogP contribution >= 0.6 is 0 Å². The number of rotatable bonds is 5. The Balaban J connectivity index is 1.86. The van der Waals surface area contributed by atoms with Crippen molar-refractivity contribution in [3.05, 3.63) is 24.1 Å². The van der Waals surface area contributed by atoms with E-state index in [4.69, 9.17) is 14.0 Å². The Morgan fingerprint density at radius 3 is 2.76 bits per heavy atom. The fourth-order valence-electron chi connectivity index (χ4n) is 2.77. The molecule has 112 valence electrons. The van der Waals surface area contributed by atoms with Crippen LogP contribution in [-0.4, -0.2) is 23.9 Å². The zero-order valence-electron chi connectivity index (χ0n) is 12.5. The fraction of sp³-hybridized carbons (Fsp3) is 0.500. The minimum Gasteiger partial charge on any atom is -0.493 e. The van der Waals surface area contributed by atoms with Crippen molar-refractivity contribution < 1.29 is 14.0 Å². The van der Waals surface area contributed by atoms with E-state index in [1.165, 1.54) is 12.8 Å². The molecule has 5 nitrogen and oxygen atoms in total. The minimum absolute atomic E-state index is 0.427. The number of aromatic nitrogens is 2. The first-order valence-corrected chi connectivity index (χ1v) is 7.46. The number of hydrogen-bond donors (Lipinski definition) is 0. The summed E-state index contributed by atoms with van der Waals surface area (Å²) in [5, 5.41) is 4.10. The average molecular weight is 288 g/mol. The molecule has 1 saturated carbocycles. The van der Waals surface area contributed by atoms with E-state index < -0.39 is 0 Å². The lowest BCUT2D eigenvalue weighted by Gasteiger charge is -2.09. The van der Waals surface area contributed by atoms with Crippen molar-refractivity contribution in [2.45, 2.75) is 38.5 Å². The first-order chi connectivity index (χ1) is 10.3. The van der Waals surface area contributed by atoms with Crippen LogP contribution in [0.2, 0.25) is 0 Å². The van der Waals surface area contributed by atoms with Gasteiger partial charge in [0, 0.05) is 11.5 Å². The van der Waals surface area contributed by atoms with Crippen molar-refractivity contribution in [1.29, 1.82) is 0 Å². The molecule has 5 heteroatoms. The summed E-state index contributed by atoms with van der Waals surface area (Å²) in [5.41, 5.74) is 0.878. The van der Waals surface area contributed by atoms with Gasteiger partial charge in [-0.3, -0.25) is 0 Å². The maximum atomic E-state index is 5.52. The molecule has 1 fully saturated rings. The average Bonchev–Trinajstić information content (AvgIpc) is 3.19. The third-order valence-corrected chi connectivity index (χ3v) is 3.87. The standard InChI is InChI=1S/C16H20N2O3/c1-3-20-13-9-8-12(10-14(13)19-2)15-17-16(21-18-15)11-6-4-5-7-11/h8-11H,3-7H2,1-2H3. The number of hydrogen-bond acceptors (Lipinski definition) is 5. The second-order valence-corrected chi connectivity index (χ2v) is 5.24. The van der Waals surface area contributed by atoms with Gasteiger partial charge in [0.05, 0.1) is 13.7 Å². The maximum absolute atomic E-state index is 5.52. The van der Waals surface area contributed by atoms with Crippen LogP contribution in [0.15, 0.2) is 22.7 Å². The zero-order chi connectivity index (χ0) is 14.7. The lowest BCUT2D eigenvalue weighted by molar-refractivity contribution is 0.311. The summed E-state index contributed by atoms with van der Waals surface area (Å²) >= 11 is 0. The van der Waals surface area contributed by atoms with E-state index in [0.29, 0.717) is 24.1 Å². The topological polar surface area (TPSA) is 57.4 Å². The molecule has 1 aliphatic rings. The van der Waals surface area contributed by atoms with Crippen molar-refractivity contribution in [3.8, 4) is 22.9 Å². The molecule has 2 aromatic rings. The largest absolute Gasteiger partial charge is 0.493 e. The molecule has 21 heavy (non-hydrogen) atoms. The normalized spacial score (nSPS) is 15.3. The summed E-state index contributed by atoms with van der Waals surface area (Å²) in [6, 6.07) is 5.69. The summed E-state index contributed by atoms with van der Waals surface area (Å²) < 4.78 is 16.3. The van der Waals surface area contributed by atoms with E-state index in [1.807, 2.05) is 25.1 Å². The summed E-state index contributed by atoms with van der Waals surface area (Å²) in [5.74, 6) is 3.20. The molecular weight excluding hydrogens is 268 g/mol. The third kappa shape index (κ3) is 2.86. The van der Waals surface area contributed by atoms with Gasteiger partial charge in [-0.2, -0.15) is 4.98 Å². The van der Waals surface area contributed by atoms with E-state index >= 15 is 0 Å². The van der Waals surface area contributed by atoms with Gasteiger partial charge in [0.15, 0.2) is 11.5 Å². The second kappa shape index (κ2) is 6.16. The first-order valence-electron chi connectivity index (χ1n) is 7.46. The van der Waals surface area contributed by atoms with Crippen molar-refractivity contribution in [3.63, 3.8) is 0 Å². The molecule has 0 radical (unpaired) electrons. The number of nitrogens with zero attached hydrogens (tertiary/aromatic N) is 2. The molecule has 3 rings (SSSR count). The van der Waals surface area contributed by atoms with Gasteiger partial charge in [-0.1, -0.05) is 18.0 Å². The predicted molar refractivity (Wildman–Crippen MR) is 78.7 cm³/mol. The highest BCUT2D eigenvalue weighted by atomic mass is 16.5. The van der Waals surface area contributed by atoms with Crippen LogP contribution in [0.1, 0.15) is 44.4 Å². The Labute approximate surface area is 124 Å². The molecule has 0 spiro atoms. The summed E-state index contributed by atoms with van der Waals surface area (Å²) in [6.07, 6.45) is 4.79. The second-order valence-electron chi connectivity index (χ2n) is 5.24. The van der Waals surface area contributed by atoms with Crippen LogP contribution in [0, 0.1) is 0 Å². The van der Waals surface area contributed by atoms with Gasteiger partial charge in [-0.05, 0) is 38.0 Å². The predicted octanol–water partition coefficient (Wildman–Crippen LogP) is 3.80. The molecule has 0 N–H and O–H groups in total. The molecule has 1 aliphatic carbocycles. The van der Waals surface area contributed by atoms with Crippen molar-refractivity contribution in [1.82, 2.24) is 10.1 Å². The maximum Gasteiger partial charge on any atom is 0.230 e. The summed E-state index contributed by atoms with van der Waals surface area (Å²) in [4.78, 5) is 4.54. The SMILES string of the molecule is CCOc1ccc(-c2noc(C3CCCC3)n2)cc1OC. The Hall–Kier alpha value is -2.04. The van der Waals surface area contributed by atoms with Crippen molar-refractivity contribution >= 4 is 0 Å². The molecule has 0 aliphatic heterocycles. The molecule has 0 atom stereocenters. The van der Waals surface area contributed by atoms with Gasteiger partial charge in [0.25, 0.3) is 0 Å². The van der Waals surface area contributed by atoms with Gasteiger partial charge in [0.1, 0.15) is 0 Å². The fourth-order valence-corrected chi connectivity index (χ4v) is 2.77. The van der Waals surface area contributed by atoms with Crippen LogP contribution in [0.25, 0.3) is 11.4 Å². The highest BCUT2D eigenvalue weighted by molar-refractivity contribution is 5.60. The van der Waals surface area contributed by atoms with Crippen LogP contribution in [0.4, 0.5) is 0 Å². The molecule has 1 heterocycles. The number of benzene rings is 1. The van der Waals surface area contributed by atoms with Crippen LogP contribution < -0.4 is 9.47 Å². The number of ether oxygens (including phenoxy) is 2. The Morgan fingerprint density at radius 2 is 2.05 bits per heavy atom. The molecule has 0 amide bonds. The smallest absolute Gasteiger partial charge is 0.230 e. The molecule has 0 unspecified atom stereocenters. The Kier molecular flexibility index (Phi) is 4.08. The highest BCUT2D eigenvalue weighted by Crippen LogP contribution is 2.35. The first kappa shape index (κ1) is 13.9. The molecule has 1 aromatic heterocycles. The van der Waals surface area contributed by atoms with Crippen LogP contribution in [0.3, 0.4) is 0 Å². The Bertz CT molecular complexity index is 603.